The number of nitrogens with two attached hydrogens (primary N) is 1. The maximum atomic E-state index is 6.67. The number of hydrogen-bond donors (Lipinski definition) is 2. The van der Waals surface area contributed by atoms with Gasteiger partial charge in [0.1, 0.15) is 0 Å². The summed E-state index contributed by atoms with van der Waals surface area (Å²) >= 11 is 0. The van der Waals surface area contributed by atoms with Gasteiger partial charge in [0.15, 0.2) is 0 Å². The van der Waals surface area contributed by atoms with Crippen LogP contribution in [0, 0.1) is 17.8 Å². The fourth-order valence-corrected chi connectivity index (χ4v) is 4.61. The van der Waals surface area contributed by atoms with Gasteiger partial charge in [0.05, 0.1) is 6.17 Å². The van der Waals surface area contributed by atoms with Crippen LogP contribution in [0.3, 0.4) is 0 Å². The Kier molecular flexibility index (Phi) is 3.65. The molecule has 2 aliphatic heterocycles. The number of nitrogens with one attached hydrogen (secondary N) is 1. The van der Waals surface area contributed by atoms with Crippen molar-refractivity contribution in [3.05, 3.63) is 0 Å². The molecule has 18 heavy (non-hydrogen) atoms. The first kappa shape index (κ1) is 12.9. The van der Waals surface area contributed by atoms with Gasteiger partial charge < -0.3 is 5.73 Å². The lowest BCUT2D eigenvalue weighted by molar-refractivity contribution is 0.0186. The number of rotatable bonds is 0. The molecule has 3 N–H and O–H groups in total. The van der Waals surface area contributed by atoms with E-state index in [0.717, 1.165) is 11.8 Å². The minimum Gasteiger partial charge on any atom is -0.327 e. The van der Waals surface area contributed by atoms with E-state index in [1.54, 1.807) is 0 Å². The van der Waals surface area contributed by atoms with E-state index in [4.69, 9.17) is 5.73 Å². The van der Waals surface area contributed by atoms with Gasteiger partial charge in [0.25, 0.3) is 0 Å². The summed E-state index contributed by atoms with van der Waals surface area (Å²) in [6, 6.07) is 1.10. The van der Waals surface area contributed by atoms with E-state index in [-0.39, 0.29) is 0 Å². The molecule has 2 heterocycles. The van der Waals surface area contributed by atoms with Crippen molar-refractivity contribution in [3.63, 3.8) is 0 Å². The van der Waals surface area contributed by atoms with Crippen LogP contribution in [0.4, 0.5) is 0 Å². The summed E-state index contributed by atoms with van der Waals surface area (Å²) in [7, 11) is 2.27. The largest absolute Gasteiger partial charge is 0.327 e. The number of hydrogen-bond acceptors (Lipinski definition) is 3. The van der Waals surface area contributed by atoms with Gasteiger partial charge in [-0.15, -0.1) is 0 Å². The predicted molar refractivity (Wildman–Crippen MR) is 75.2 cm³/mol. The molecule has 0 radical (unpaired) electrons. The molecule has 6 unspecified atom stereocenters. The van der Waals surface area contributed by atoms with E-state index in [1.807, 2.05) is 0 Å². The quantitative estimate of drug-likeness (QED) is 0.689. The summed E-state index contributed by atoms with van der Waals surface area (Å²) in [5, 5.41) is 3.94. The Morgan fingerprint density at radius 2 is 1.94 bits per heavy atom. The zero-order valence-electron chi connectivity index (χ0n) is 11.9. The van der Waals surface area contributed by atoms with Crippen LogP contribution in [0.25, 0.3) is 0 Å². The van der Waals surface area contributed by atoms with E-state index in [2.05, 4.69) is 24.2 Å². The highest BCUT2D eigenvalue weighted by molar-refractivity contribution is 5.01. The van der Waals surface area contributed by atoms with Gasteiger partial charge >= 0.3 is 0 Å². The van der Waals surface area contributed by atoms with Gasteiger partial charge in [0, 0.05) is 18.0 Å². The highest BCUT2D eigenvalue weighted by atomic mass is 15.3. The molecule has 3 aliphatic rings. The molecule has 3 rings (SSSR count). The van der Waals surface area contributed by atoms with Gasteiger partial charge in [0.2, 0.25) is 0 Å². The summed E-state index contributed by atoms with van der Waals surface area (Å²) < 4.78 is 0. The summed E-state index contributed by atoms with van der Waals surface area (Å²) in [6.07, 6.45) is 8.60. The smallest absolute Gasteiger partial charge is 0.0640 e. The van der Waals surface area contributed by atoms with E-state index < -0.39 is 0 Å². The van der Waals surface area contributed by atoms with Crippen LogP contribution in [0.1, 0.15) is 45.4 Å². The van der Waals surface area contributed by atoms with Gasteiger partial charge in [-0.25, -0.2) is 0 Å². The third kappa shape index (κ3) is 2.21. The van der Waals surface area contributed by atoms with Crippen LogP contribution < -0.4 is 11.1 Å². The molecule has 0 aromatic heterocycles. The fraction of sp³-hybridized carbons (Fsp3) is 1.00. The second kappa shape index (κ2) is 5.10. The van der Waals surface area contributed by atoms with Crippen molar-refractivity contribution in [3.8, 4) is 0 Å². The average molecular weight is 251 g/mol. The minimum absolute atomic E-state index is 0.421. The van der Waals surface area contributed by atoms with Crippen molar-refractivity contribution in [2.24, 2.45) is 23.5 Å². The van der Waals surface area contributed by atoms with E-state index in [1.165, 1.54) is 45.1 Å². The highest BCUT2D eigenvalue weighted by Crippen LogP contribution is 2.39. The lowest BCUT2D eigenvalue weighted by Crippen LogP contribution is -2.66. The predicted octanol–water partition coefficient (Wildman–Crippen LogP) is 1.78. The molecule has 3 heteroatoms. The molecule has 3 nitrogen and oxygen atoms in total. The van der Waals surface area contributed by atoms with Crippen molar-refractivity contribution in [1.29, 1.82) is 0 Å². The van der Waals surface area contributed by atoms with Crippen LogP contribution in [0.2, 0.25) is 0 Å². The third-order valence-corrected chi connectivity index (χ3v) is 5.71. The van der Waals surface area contributed by atoms with Crippen molar-refractivity contribution >= 4 is 0 Å². The molecule has 0 spiro atoms. The monoisotopic (exact) mass is 251 g/mol. The lowest BCUT2D eigenvalue weighted by atomic mass is 9.68. The Morgan fingerprint density at radius 3 is 2.78 bits per heavy atom. The maximum absolute atomic E-state index is 6.67. The topological polar surface area (TPSA) is 41.3 Å². The Balaban J connectivity index is 1.79. The van der Waals surface area contributed by atoms with Crippen molar-refractivity contribution in [2.45, 2.75) is 63.7 Å². The third-order valence-electron chi connectivity index (χ3n) is 5.71. The van der Waals surface area contributed by atoms with Crippen molar-refractivity contribution < 1.29 is 0 Å². The average Bonchev–Trinajstić information content (AvgIpc) is 2.54. The summed E-state index contributed by atoms with van der Waals surface area (Å²) in [4.78, 5) is 2.52. The first-order chi connectivity index (χ1) is 8.66. The van der Waals surface area contributed by atoms with Crippen LogP contribution in [-0.2, 0) is 0 Å². The van der Waals surface area contributed by atoms with Gasteiger partial charge in [-0.05, 0) is 57.5 Å². The van der Waals surface area contributed by atoms with Gasteiger partial charge in [-0.3, -0.25) is 10.2 Å². The molecule has 0 aromatic rings. The second-order valence-corrected chi connectivity index (χ2v) is 7.02. The SMILES string of the molecule is CC1CCC2NC3C(CCCCN3C)C(N)C2C1. The molecule has 2 saturated heterocycles. The van der Waals surface area contributed by atoms with Crippen LogP contribution in [0.5, 0.6) is 0 Å². The molecule has 1 aliphatic carbocycles. The lowest BCUT2D eigenvalue weighted by Gasteiger charge is -2.51. The molecule has 0 amide bonds. The van der Waals surface area contributed by atoms with E-state index >= 15 is 0 Å². The van der Waals surface area contributed by atoms with Gasteiger partial charge in [-0.2, -0.15) is 0 Å². The molecule has 104 valence electrons. The minimum atomic E-state index is 0.421. The molecule has 6 atom stereocenters. The zero-order valence-corrected chi connectivity index (χ0v) is 11.9. The second-order valence-electron chi connectivity index (χ2n) is 7.02. The summed E-state index contributed by atoms with van der Waals surface area (Å²) in [6.45, 7) is 3.63. The summed E-state index contributed by atoms with van der Waals surface area (Å²) in [5.74, 6) is 2.27. The molecule has 3 fully saturated rings. The molecule has 0 bridgehead atoms. The zero-order chi connectivity index (χ0) is 12.7. The Morgan fingerprint density at radius 1 is 1.11 bits per heavy atom. The molecular weight excluding hydrogens is 222 g/mol. The molecule has 1 saturated carbocycles. The number of likely N-dealkylation sites (tertiary alicyclic amines) is 1. The molecule has 0 aromatic carbocycles. The Labute approximate surface area is 111 Å². The fourth-order valence-electron chi connectivity index (χ4n) is 4.61. The normalized spacial score (nSPS) is 50.2. The standard InChI is InChI=1S/C15H29N3/c1-10-6-7-13-12(9-10)14(16)11-5-3-4-8-18(2)15(11)17-13/h10-15,17H,3-9,16H2,1-2H3. The van der Waals surface area contributed by atoms with E-state index in [0.29, 0.717) is 24.2 Å². The number of piperidine rings is 1. The number of fused-ring (bicyclic) bond motifs is 2. The van der Waals surface area contributed by atoms with Crippen molar-refractivity contribution in [2.75, 3.05) is 13.6 Å². The van der Waals surface area contributed by atoms with Crippen LogP contribution in [-0.4, -0.2) is 36.7 Å². The molecular formula is C15H29N3. The van der Waals surface area contributed by atoms with Crippen molar-refractivity contribution in [1.82, 2.24) is 10.2 Å². The number of nitrogens with zero attached hydrogens (tertiary/aromatic N) is 1. The van der Waals surface area contributed by atoms with Crippen LogP contribution in [0.15, 0.2) is 0 Å². The van der Waals surface area contributed by atoms with E-state index in [9.17, 15) is 0 Å². The first-order valence-electron chi connectivity index (χ1n) is 7.88. The van der Waals surface area contributed by atoms with Crippen LogP contribution >= 0.6 is 0 Å². The van der Waals surface area contributed by atoms with Gasteiger partial charge in [-0.1, -0.05) is 13.3 Å². The summed E-state index contributed by atoms with van der Waals surface area (Å²) in [5.41, 5.74) is 6.67. The Bertz CT molecular complexity index is 293. The first-order valence-corrected chi connectivity index (χ1v) is 7.88. The Hall–Kier alpha value is -0.120. The highest BCUT2D eigenvalue weighted by Gasteiger charge is 2.45. The maximum Gasteiger partial charge on any atom is 0.0640 e.